The molecule has 3 heterocycles. The van der Waals surface area contributed by atoms with Crippen molar-refractivity contribution < 1.29 is 14.7 Å². The summed E-state index contributed by atoms with van der Waals surface area (Å²) in [6, 6.07) is 3.62. The van der Waals surface area contributed by atoms with E-state index >= 15 is 0 Å². The van der Waals surface area contributed by atoms with Gasteiger partial charge in [-0.3, -0.25) is 9.80 Å². The SMILES string of the molecule is COc1cc(/C=N/N2CCOCC2)cc2c1c1c(c(=O)n2O)CCCN1. The Balaban J connectivity index is 1.83. The number of pyridine rings is 1. The first-order valence-corrected chi connectivity index (χ1v) is 8.78. The van der Waals surface area contributed by atoms with Gasteiger partial charge in [-0.2, -0.15) is 5.10 Å². The first-order chi connectivity index (χ1) is 12.7. The topological polar surface area (TPSA) is 88.3 Å². The van der Waals surface area contributed by atoms with Crippen molar-refractivity contribution in [1.82, 2.24) is 9.74 Å². The third-order valence-electron chi connectivity index (χ3n) is 4.82. The maximum absolute atomic E-state index is 12.5. The van der Waals surface area contributed by atoms with Crippen LogP contribution in [-0.4, -0.2) is 61.1 Å². The highest BCUT2D eigenvalue weighted by atomic mass is 16.5. The van der Waals surface area contributed by atoms with Crippen LogP contribution in [0.25, 0.3) is 10.9 Å². The molecule has 0 spiro atoms. The molecule has 0 bridgehead atoms. The first-order valence-electron chi connectivity index (χ1n) is 8.78. The van der Waals surface area contributed by atoms with Crippen LogP contribution < -0.4 is 15.6 Å². The number of benzene rings is 1. The molecule has 2 aliphatic heterocycles. The monoisotopic (exact) mass is 358 g/mol. The quantitative estimate of drug-likeness (QED) is 0.635. The fraction of sp³-hybridized carbons (Fsp3) is 0.444. The number of fused-ring (bicyclic) bond motifs is 3. The van der Waals surface area contributed by atoms with Crippen molar-refractivity contribution in [1.29, 1.82) is 0 Å². The number of rotatable bonds is 3. The predicted octanol–water partition coefficient (Wildman–Crippen LogP) is 1.27. The van der Waals surface area contributed by atoms with E-state index < -0.39 is 0 Å². The molecule has 4 rings (SSSR count). The second kappa shape index (κ2) is 6.87. The number of hydrogen-bond acceptors (Lipinski definition) is 7. The number of aromatic nitrogens is 1. The normalized spacial score (nSPS) is 17.3. The predicted molar refractivity (Wildman–Crippen MR) is 98.7 cm³/mol. The van der Waals surface area contributed by atoms with E-state index in [0.717, 1.165) is 42.0 Å². The van der Waals surface area contributed by atoms with E-state index in [1.807, 2.05) is 11.1 Å². The molecule has 8 nitrogen and oxygen atoms in total. The summed E-state index contributed by atoms with van der Waals surface area (Å²) in [5, 5.41) is 20.8. The van der Waals surface area contributed by atoms with Crippen molar-refractivity contribution in [2.24, 2.45) is 5.10 Å². The minimum atomic E-state index is -0.385. The third-order valence-corrected chi connectivity index (χ3v) is 4.82. The molecule has 138 valence electrons. The molecule has 2 aliphatic rings. The van der Waals surface area contributed by atoms with Crippen molar-refractivity contribution in [3.8, 4) is 5.75 Å². The summed E-state index contributed by atoms with van der Waals surface area (Å²) in [7, 11) is 1.58. The van der Waals surface area contributed by atoms with Crippen molar-refractivity contribution in [2.75, 3.05) is 45.3 Å². The Kier molecular flexibility index (Phi) is 4.42. The van der Waals surface area contributed by atoms with Crippen LogP contribution in [0.2, 0.25) is 0 Å². The van der Waals surface area contributed by atoms with Crippen molar-refractivity contribution in [3.63, 3.8) is 0 Å². The lowest BCUT2D eigenvalue weighted by atomic mass is 10.00. The summed E-state index contributed by atoms with van der Waals surface area (Å²) in [5.74, 6) is 0.597. The molecule has 1 saturated heterocycles. The standard InChI is InChI=1S/C18H22N4O4/c1-25-15-10-12(11-20-21-5-7-26-8-6-21)9-14-16(15)17-13(3-2-4-19-17)18(23)22(14)24/h9-11,19,24H,2-8H2,1H3/b20-11+. The molecule has 2 N–H and O–H groups in total. The fourth-order valence-electron chi connectivity index (χ4n) is 3.49. The van der Waals surface area contributed by atoms with Gasteiger partial charge in [-0.05, 0) is 25.0 Å². The maximum Gasteiger partial charge on any atom is 0.288 e. The molecule has 2 aromatic rings. The summed E-state index contributed by atoms with van der Waals surface area (Å²) in [6.07, 6.45) is 3.21. The Bertz CT molecular complexity index is 916. The Labute approximate surface area is 150 Å². The summed E-state index contributed by atoms with van der Waals surface area (Å²) >= 11 is 0. The van der Waals surface area contributed by atoms with Gasteiger partial charge in [0.25, 0.3) is 5.56 Å². The molecule has 0 unspecified atom stereocenters. The second-order valence-corrected chi connectivity index (χ2v) is 6.43. The molecule has 8 heteroatoms. The molecule has 26 heavy (non-hydrogen) atoms. The van der Waals surface area contributed by atoms with Crippen LogP contribution in [0.15, 0.2) is 22.0 Å². The lowest BCUT2D eigenvalue weighted by Gasteiger charge is -2.24. The number of hydrazone groups is 1. The number of nitrogens with zero attached hydrogens (tertiary/aromatic N) is 3. The van der Waals surface area contributed by atoms with Crippen molar-refractivity contribution >= 4 is 22.8 Å². The molecular weight excluding hydrogens is 336 g/mol. The second-order valence-electron chi connectivity index (χ2n) is 6.43. The smallest absolute Gasteiger partial charge is 0.288 e. The van der Waals surface area contributed by atoms with Crippen LogP contribution in [0, 0.1) is 0 Å². The molecule has 1 aromatic carbocycles. The van der Waals surface area contributed by atoms with Gasteiger partial charge < -0.3 is 20.0 Å². The van der Waals surface area contributed by atoms with Crippen LogP contribution in [0.5, 0.6) is 5.75 Å². The van der Waals surface area contributed by atoms with E-state index in [1.54, 1.807) is 19.4 Å². The average molecular weight is 358 g/mol. The summed E-state index contributed by atoms with van der Waals surface area (Å²) in [4.78, 5) is 12.5. The minimum Gasteiger partial charge on any atom is -0.496 e. The van der Waals surface area contributed by atoms with E-state index in [-0.39, 0.29) is 5.56 Å². The highest BCUT2D eigenvalue weighted by Crippen LogP contribution is 2.36. The van der Waals surface area contributed by atoms with E-state index in [2.05, 4.69) is 10.4 Å². The molecule has 0 radical (unpaired) electrons. The van der Waals surface area contributed by atoms with Crippen LogP contribution in [0.4, 0.5) is 5.69 Å². The molecule has 1 fully saturated rings. The summed E-state index contributed by atoms with van der Waals surface area (Å²) in [5.41, 5.74) is 2.13. The van der Waals surface area contributed by atoms with Crippen LogP contribution >= 0.6 is 0 Å². The summed E-state index contributed by atoms with van der Waals surface area (Å²) in [6.45, 7) is 3.59. The number of nitrogens with one attached hydrogen (secondary N) is 1. The summed E-state index contributed by atoms with van der Waals surface area (Å²) < 4.78 is 11.6. The van der Waals surface area contributed by atoms with Crippen molar-refractivity contribution in [2.45, 2.75) is 12.8 Å². The minimum absolute atomic E-state index is 0.385. The number of anilines is 1. The zero-order valence-electron chi connectivity index (χ0n) is 14.7. The van der Waals surface area contributed by atoms with E-state index in [9.17, 15) is 10.0 Å². The Hall–Kier alpha value is -2.74. The van der Waals surface area contributed by atoms with Crippen LogP contribution in [0.1, 0.15) is 17.5 Å². The van der Waals surface area contributed by atoms with Gasteiger partial charge in [-0.15, -0.1) is 4.73 Å². The van der Waals surface area contributed by atoms with Crippen LogP contribution in [-0.2, 0) is 11.2 Å². The zero-order valence-corrected chi connectivity index (χ0v) is 14.7. The molecular formula is C18H22N4O4. The Morgan fingerprint density at radius 3 is 2.92 bits per heavy atom. The lowest BCUT2D eigenvalue weighted by Crippen LogP contribution is -2.32. The molecule has 0 amide bonds. The third kappa shape index (κ3) is 2.86. The van der Waals surface area contributed by atoms with Gasteiger partial charge in [0.05, 0.1) is 56.2 Å². The number of ether oxygens (including phenoxy) is 2. The van der Waals surface area contributed by atoms with Gasteiger partial charge in [0.2, 0.25) is 0 Å². The first kappa shape index (κ1) is 16.7. The molecule has 0 atom stereocenters. The van der Waals surface area contributed by atoms with Gasteiger partial charge in [0.15, 0.2) is 0 Å². The molecule has 0 aliphatic carbocycles. The number of methoxy groups -OCH3 is 1. The fourth-order valence-corrected chi connectivity index (χ4v) is 3.49. The number of morpholine rings is 1. The highest BCUT2D eigenvalue weighted by Gasteiger charge is 2.22. The zero-order chi connectivity index (χ0) is 18.1. The molecule has 0 saturated carbocycles. The highest BCUT2D eigenvalue weighted by molar-refractivity contribution is 6.01. The van der Waals surface area contributed by atoms with E-state index in [0.29, 0.717) is 41.9 Å². The maximum atomic E-state index is 12.5. The average Bonchev–Trinajstić information content (AvgIpc) is 2.70. The van der Waals surface area contributed by atoms with E-state index in [1.165, 1.54) is 0 Å². The van der Waals surface area contributed by atoms with Gasteiger partial charge >= 0.3 is 0 Å². The number of hydrogen-bond donors (Lipinski definition) is 2. The Morgan fingerprint density at radius 1 is 1.35 bits per heavy atom. The molecule has 1 aromatic heterocycles. The van der Waals surface area contributed by atoms with Crippen LogP contribution in [0.3, 0.4) is 0 Å². The van der Waals surface area contributed by atoms with E-state index in [4.69, 9.17) is 9.47 Å². The lowest BCUT2D eigenvalue weighted by molar-refractivity contribution is 0.0397. The van der Waals surface area contributed by atoms with Gasteiger partial charge in [-0.1, -0.05) is 0 Å². The Morgan fingerprint density at radius 2 is 2.15 bits per heavy atom. The van der Waals surface area contributed by atoms with Gasteiger partial charge in [-0.25, -0.2) is 0 Å². The van der Waals surface area contributed by atoms with Gasteiger partial charge in [0, 0.05) is 17.7 Å². The van der Waals surface area contributed by atoms with Crippen molar-refractivity contribution in [3.05, 3.63) is 33.6 Å². The van der Waals surface area contributed by atoms with Gasteiger partial charge in [0.1, 0.15) is 5.75 Å². The largest absolute Gasteiger partial charge is 0.496 e.